The molecule has 8 nitrogen and oxygen atoms in total. The van der Waals surface area contributed by atoms with Crippen molar-refractivity contribution < 1.29 is 14.3 Å². The van der Waals surface area contributed by atoms with E-state index in [1.165, 1.54) is 0 Å². The summed E-state index contributed by atoms with van der Waals surface area (Å²) in [7, 11) is 0. The lowest BCUT2D eigenvalue weighted by Gasteiger charge is -2.09. The third-order valence-electron chi connectivity index (χ3n) is 3.32. The molecule has 0 aliphatic rings. The number of rotatable bonds is 4. The van der Waals surface area contributed by atoms with Gasteiger partial charge < -0.3 is 9.47 Å². The van der Waals surface area contributed by atoms with Crippen molar-refractivity contribution in [3.8, 4) is 6.01 Å². The van der Waals surface area contributed by atoms with Gasteiger partial charge in [-0.15, -0.1) is 5.10 Å². The van der Waals surface area contributed by atoms with Gasteiger partial charge in [0.05, 0.1) is 12.1 Å². The molecule has 0 fully saturated rings. The number of carbonyl (C=O) groups is 1. The second-order valence-corrected chi connectivity index (χ2v) is 4.87. The Morgan fingerprint density at radius 3 is 2.78 bits per heavy atom. The van der Waals surface area contributed by atoms with Crippen molar-refractivity contribution in [3.05, 3.63) is 34.7 Å². The lowest BCUT2D eigenvalue weighted by atomic mass is 10.2. The summed E-state index contributed by atoms with van der Waals surface area (Å²) in [6, 6.07) is 7.20. The summed E-state index contributed by atoms with van der Waals surface area (Å²) in [6.07, 6.45) is -0.0994. The highest BCUT2D eigenvalue weighted by Gasteiger charge is 2.17. The van der Waals surface area contributed by atoms with Crippen molar-refractivity contribution in [2.45, 2.75) is 26.8 Å². The first-order valence-corrected chi connectivity index (χ1v) is 7.38. The number of carbonyl (C=O) groups excluding carboxylic acids is 1. The Bertz CT molecular complexity index is 928. The largest absolute Gasteiger partial charge is 0.516 e. The summed E-state index contributed by atoms with van der Waals surface area (Å²) >= 11 is 0. The molecule has 3 rings (SSSR count). The summed E-state index contributed by atoms with van der Waals surface area (Å²) in [6.45, 7) is 4.39. The lowest BCUT2D eigenvalue weighted by molar-refractivity contribution is 0.101. The van der Waals surface area contributed by atoms with E-state index < -0.39 is 6.16 Å². The molecule has 3 aromatic rings. The highest BCUT2D eigenvalue weighted by Crippen LogP contribution is 2.18. The minimum Gasteiger partial charge on any atom is -0.434 e. The summed E-state index contributed by atoms with van der Waals surface area (Å²) in [5, 5.41) is 4.73. The Morgan fingerprint density at radius 2 is 2.04 bits per heavy atom. The van der Waals surface area contributed by atoms with E-state index in [-0.39, 0.29) is 18.3 Å². The van der Waals surface area contributed by atoms with E-state index in [0.29, 0.717) is 12.2 Å². The van der Waals surface area contributed by atoms with Gasteiger partial charge in [0.15, 0.2) is 5.65 Å². The molecule has 0 radical (unpaired) electrons. The third kappa shape index (κ3) is 2.63. The predicted molar refractivity (Wildman–Crippen MR) is 82.7 cm³/mol. The number of aryl methyl sites for hydroxylation is 1. The van der Waals surface area contributed by atoms with Crippen LogP contribution in [0.25, 0.3) is 16.6 Å². The van der Waals surface area contributed by atoms with Crippen molar-refractivity contribution in [1.82, 2.24) is 19.2 Å². The second kappa shape index (κ2) is 6.07. The summed E-state index contributed by atoms with van der Waals surface area (Å²) < 4.78 is 12.4. The number of para-hydroxylation sites is 1. The van der Waals surface area contributed by atoms with Crippen LogP contribution >= 0.6 is 0 Å². The predicted octanol–water partition coefficient (Wildman–Crippen LogP) is 1.99. The molecule has 0 atom stereocenters. The molecular weight excluding hydrogens is 300 g/mol. The fourth-order valence-electron chi connectivity index (χ4n) is 2.42. The number of nitrogens with zero attached hydrogens (tertiary/aromatic N) is 4. The van der Waals surface area contributed by atoms with Gasteiger partial charge >= 0.3 is 17.9 Å². The number of hydrogen-bond donors (Lipinski definition) is 0. The summed E-state index contributed by atoms with van der Waals surface area (Å²) in [4.78, 5) is 28.1. The van der Waals surface area contributed by atoms with E-state index in [0.717, 1.165) is 21.8 Å². The summed E-state index contributed by atoms with van der Waals surface area (Å²) in [5.74, 6) is 0. The van der Waals surface area contributed by atoms with Gasteiger partial charge in [-0.1, -0.05) is 19.1 Å². The number of benzene rings is 1. The van der Waals surface area contributed by atoms with E-state index in [2.05, 4.69) is 14.8 Å². The topological polar surface area (TPSA) is 87.7 Å². The first-order valence-electron chi connectivity index (χ1n) is 7.38. The van der Waals surface area contributed by atoms with Gasteiger partial charge in [0.2, 0.25) is 0 Å². The van der Waals surface area contributed by atoms with Crippen LogP contribution in [0.4, 0.5) is 4.79 Å². The average Bonchev–Trinajstić information content (AvgIpc) is 2.95. The van der Waals surface area contributed by atoms with Crippen molar-refractivity contribution >= 4 is 22.7 Å². The van der Waals surface area contributed by atoms with Gasteiger partial charge in [-0.05, 0) is 25.5 Å². The van der Waals surface area contributed by atoms with Crippen LogP contribution in [-0.4, -0.2) is 31.9 Å². The molecule has 0 amide bonds. The Balaban J connectivity index is 2.21. The normalized spacial score (nSPS) is 11.0. The van der Waals surface area contributed by atoms with Crippen LogP contribution in [0.2, 0.25) is 0 Å². The van der Waals surface area contributed by atoms with Crippen LogP contribution in [-0.2, 0) is 11.3 Å². The molecule has 0 bridgehead atoms. The standard InChI is InChI=1S/C15H16N4O4/c1-3-9-18-11-8-6-5-7-10(11)12-16-13(17-19(12)14(18)20)23-15(21)22-4-2/h5-8H,3-4,9H2,1-2H3. The second-order valence-electron chi connectivity index (χ2n) is 4.87. The fraction of sp³-hybridized carbons (Fsp3) is 0.333. The SMILES string of the molecule is CCCn1c(=O)n2nc(OC(=O)OCC)nc2c2ccccc21. The Kier molecular flexibility index (Phi) is 3.96. The molecule has 8 heteroatoms. The van der Waals surface area contributed by atoms with Crippen LogP contribution in [0.5, 0.6) is 6.01 Å². The molecule has 0 aliphatic carbocycles. The van der Waals surface area contributed by atoms with Crippen LogP contribution in [0.3, 0.4) is 0 Å². The minimum absolute atomic E-state index is 0.179. The van der Waals surface area contributed by atoms with Crippen molar-refractivity contribution in [1.29, 1.82) is 0 Å². The first kappa shape index (κ1) is 15.0. The van der Waals surface area contributed by atoms with Crippen LogP contribution in [0.15, 0.2) is 29.1 Å². The van der Waals surface area contributed by atoms with Gasteiger partial charge in [0.25, 0.3) is 0 Å². The van der Waals surface area contributed by atoms with Gasteiger partial charge in [-0.25, -0.2) is 9.59 Å². The van der Waals surface area contributed by atoms with Gasteiger partial charge in [0, 0.05) is 11.9 Å². The highest BCUT2D eigenvalue weighted by atomic mass is 16.7. The van der Waals surface area contributed by atoms with Gasteiger partial charge in [-0.3, -0.25) is 4.57 Å². The highest BCUT2D eigenvalue weighted by molar-refractivity contribution is 5.91. The van der Waals surface area contributed by atoms with Crippen molar-refractivity contribution in [3.63, 3.8) is 0 Å². The van der Waals surface area contributed by atoms with E-state index in [4.69, 9.17) is 4.74 Å². The molecule has 2 aromatic heterocycles. The zero-order chi connectivity index (χ0) is 16.4. The number of ether oxygens (including phenoxy) is 2. The molecule has 0 N–H and O–H groups in total. The maximum atomic E-state index is 12.6. The first-order chi connectivity index (χ1) is 11.2. The van der Waals surface area contributed by atoms with Crippen molar-refractivity contribution in [2.24, 2.45) is 0 Å². The Morgan fingerprint density at radius 1 is 1.26 bits per heavy atom. The van der Waals surface area contributed by atoms with E-state index >= 15 is 0 Å². The quantitative estimate of drug-likeness (QED) is 0.684. The molecule has 0 saturated carbocycles. The number of hydrogen-bond acceptors (Lipinski definition) is 6. The molecule has 0 aliphatic heterocycles. The molecule has 120 valence electrons. The fourth-order valence-corrected chi connectivity index (χ4v) is 2.42. The van der Waals surface area contributed by atoms with E-state index in [1.807, 2.05) is 31.2 Å². The lowest BCUT2D eigenvalue weighted by Crippen LogP contribution is -2.27. The van der Waals surface area contributed by atoms with Crippen LogP contribution in [0.1, 0.15) is 20.3 Å². The Hall–Kier alpha value is -2.90. The molecule has 0 unspecified atom stereocenters. The molecule has 0 spiro atoms. The molecule has 1 aromatic carbocycles. The molecule has 2 heterocycles. The van der Waals surface area contributed by atoms with Gasteiger partial charge in [0.1, 0.15) is 0 Å². The summed E-state index contributed by atoms with van der Waals surface area (Å²) in [5.41, 5.74) is 0.783. The number of fused-ring (bicyclic) bond motifs is 3. The van der Waals surface area contributed by atoms with E-state index in [9.17, 15) is 9.59 Å². The van der Waals surface area contributed by atoms with Crippen molar-refractivity contribution in [2.75, 3.05) is 6.61 Å². The molecule has 0 saturated heterocycles. The van der Waals surface area contributed by atoms with E-state index in [1.54, 1.807) is 11.5 Å². The minimum atomic E-state index is -0.901. The van der Waals surface area contributed by atoms with Crippen LogP contribution in [0, 0.1) is 0 Å². The molecule has 23 heavy (non-hydrogen) atoms. The maximum absolute atomic E-state index is 12.6. The van der Waals surface area contributed by atoms with Gasteiger partial charge in [-0.2, -0.15) is 9.50 Å². The molecular formula is C15H16N4O4. The Labute approximate surface area is 131 Å². The zero-order valence-electron chi connectivity index (χ0n) is 12.9. The van der Waals surface area contributed by atoms with Crippen LogP contribution < -0.4 is 10.4 Å². The zero-order valence-corrected chi connectivity index (χ0v) is 12.9. The smallest absolute Gasteiger partial charge is 0.434 e. The number of aromatic nitrogens is 4. The third-order valence-corrected chi connectivity index (χ3v) is 3.32. The maximum Gasteiger partial charge on any atom is 0.516 e. The monoisotopic (exact) mass is 316 g/mol. The average molecular weight is 316 g/mol.